The van der Waals surface area contributed by atoms with E-state index >= 15 is 0 Å². The monoisotopic (exact) mass is 285 g/mol. The van der Waals surface area contributed by atoms with Gasteiger partial charge >= 0.3 is 0 Å². The van der Waals surface area contributed by atoms with Gasteiger partial charge in [0.1, 0.15) is 11.9 Å². The van der Waals surface area contributed by atoms with E-state index in [1.54, 1.807) is 6.07 Å². The first-order valence-electron chi connectivity index (χ1n) is 6.56. The van der Waals surface area contributed by atoms with Crippen molar-refractivity contribution in [2.24, 2.45) is 11.8 Å². The number of benzene rings is 1. The lowest BCUT2D eigenvalue weighted by molar-refractivity contribution is 0.121. The van der Waals surface area contributed by atoms with Crippen LogP contribution in [0.2, 0.25) is 10.0 Å². The maximum Gasteiger partial charge on any atom is 0.138 e. The summed E-state index contributed by atoms with van der Waals surface area (Å²) >= 11 is 12.1. The van der Waals surface area contributed by atoms with Crippen LogP contribution in [0, 0.1) is 11.8 Å². The molecule has 3 rings (SSSR count). The normalized spacial score (nSPS) is 25.1. The van der Waals surface area contributed by atoms with Crippen LogP contribution in [0.15, 0.2) is 18.2 Å². The van der Waals surface area contributed by atoms with Gasteiger partial charge in [0.05, 0.1) is 5.02 Å². The Morgan fingerprint density at radius 3 is 2.61 bits per heavy atom. The molecule has 1 aliphatic heterocycles. The van der Waals surface area contributed by atoms with Crippen LogP contribution >= 0.6 is 23.2 Å². The van der Waals surface area contributed by atoms with Crippen molar-refractivity contribution in [3.63, 3.8) is 0 Å². The number of halogens is 2. The van der Waals surface area contributed by atoms with Crippen LogP contribution in [0.4, 0.5) is 0 Å². The molecule has 0 bridgehead atoms. The second-order valence-electron chi connectivity index (χ2n) is 5.25. The number of hydrogen-bond acceptors (Lipinski definition) is 2. The Balaban J connectivity index is 1.75. The molecule has 0 amide bonds. The van der Waals surface area contributed by atoms with Crippen LogP contribution in [0.3, 0.4) is 0 Å². The molecule has 0 aromatic heterocycles. The lowest BCUT2D eigenvalue weighted by atomic mass is 9.97. The predicted molar refractivity (Wildman–Crippen MR) is 74.6 cm³/mol. The van der Waals surface area contributed by atoms with E-state index in [9.17, 15) is 0 Å². The van der Waals surface area contributed by atoms with Gasteiger partial charge in [-0.3, -0.25) is 0 Å². The predicted octanol–water partition coefficient (Wildman–Crippen LogP) is 3.76. The van der Waals surface area contributed by atoms with Gasteiger partial charge in [-0.15, -0.1) is 0 Å². The smallest absolute Gasteiger partial charge is 0.138 e. The molecule has 18 heavy (non-hydrogen) atoms. The fraction of sp³-hybridized carbons (Fsp3) is 0.571. The highest BCUT2D eigenvalue weighted by Crippen LogP contribution is 2.41. The van der Waals surface area contributed by atoms with Crippen molar-refractivity contribution in [2.45, 2.75) is 25.4 Å². The SMILES string of the molecule is Clc1ccc(O[C@@H](C2CC2)[C@H]2CCNC2)c(Cl)c1. The zero-order valence-electron chi connectivity index (χ0n) is 10.2. The summed E-state index contributed by atoms with van der Waals surface area (Å²) in [5.74, 6) is 2.09. The summed E-state index contributed by atoms with van der Waals surface area (Å²) < 4.78 is 6.18. The Bertz CT molecular complexity index is 428. The van der Waals surface area contributed by atoms with E-state index < -0.39 is 0 Å². The Morgan fingerprint density at radius 2 is 2.00 bits per heavy atom. The van der Waals surface area contributed by atoms with Crippen LogP contribution < -0.4 is 10.1 Å². The van der Waals surface area contributed by atoms with Crippen LogP contribution in [0.1, 0.15) is 19.3 Å². The Hall–Kier alpha value is -0.440. The zero-order valence-corrected chi connectivity index (χ0v) is 11.7. The summed E-state index contributed by atoms with van der Waals surface area (Å²) in [7, 11) is 0. The summed E-state index contributed by atoms with van der Waals surface area (Å²) in [6, 6.07) is 5.46. The maximum absolute atomic E-state index is 6.18. The molecule has 1 aromatic carbocycles. The van der Waals surface area contributed by atoms with Gasteiger partial charge in [0.2, 0.25) is 0 Å². The second kappa shape index (κ2) is 5.28. The van der Waals surface area contributed by atoms with Crippen LogP contribution in [0.25, 0.3) is 0 Å². The molecule has 2 aliphatic rings. The van der Waals surface area contributed by atoms with Gasteiger partial charge in [0.15, 0.2) is 0 Å². The average Bonchev–Trinajstić information content (AvgIpc) is 3.03. The molecule has 1 heterocycles. The standard InChI is InChI=1S/C14H17Cl2NO/c15-11-3-4-13(12(16)7-11)18-14(9-1-2-9)10-5-6-17-8-10/h3-4,7,9-10,14,17H,1-2,5-6,8H2/t10-,14-/m0/s1. The van der Waals surface area contributed by atoms with Gasteiger partial charge in [-0.05, 0) is 49.9 Å². The molecule has 4 heteroatoms. The molecular weight excluding hydrogens is 269 g/mol. The van der Waals surface area contributed by atoms with Gasteiger partial charge in [-0.1, -0.05) is 23.2 Å². The fourth-order valence-electron chi connectivity index (χ4n) is 2.68. The highest BCUT2D eigenvalue weighted by Gasteiger charge is 2.39. The van der Waals surface area contributed by atoms with Crippen LogP contribution in [0.5, 0.6) is 5.75 Å². The Morgan fingerprint density at radius 1 is 1.17 bits per heavy atom. The van der Waals surface area contributed by atoms with Gasteiger partial charge in [0, 0.05) is 17.5 Å². The summed E-state index contributed by atoms with van der Waals surface area (Å²) in [5.41, 5.74) is 0. The molecule has 2 nitrogen and oxygen atoms in total. The van der Waals surface area contributed by atoms with Gasteiger partial charge in [-0.25, -0.2) is 0 Å². The molecular formula is C14H17Cl2NO. The number of nitrogens with one attached hydrogen (secondary N) is 1. The Labute approximate surface area is 118 Å². The average molecular weight is 286 g/mol. The van der Waals surface area contributed by atoms with Gasteiger partial charge in [-0.2, -0.15) is 0 Å². The lowest BCUT2D eigenvalue weighted by Crippen LogP contribution is -2.30. The van der Waals surface area contributed by atoms with E-state index in [1.165, 1.54) is 19.3 Å². The van der Waals surface area contributed by atoms with Crippen LogP contribution in [-0.4, -0.2) is 19.2 Å². The van der Waals surface area contributed by atoms with Crippen molar-refractivity contribution in [2.75, 3.05) is 13.1 Å². The van der Waals surface area contributed by atoms with Gasteiger partial charge < -0.3 is 10.1 Å². The lowest BCUT2D eigenvalue weighted by Gasteiger charge is -2.24. The fourth-order valence-corrected chi connectivity index (χ4v) is 3.13. The van der Waals surface area contributed by atoms with E-state index in [1.807, 2.05) is 12.1 Å². The third kappa shape index (κ3) is 2.76. The minimum atomic E-state index is 0.304. The maximum atomic E-state index is 6.18. The highest BCUT2D eigenvalue weighted by molar-refractivity contribution is 6.35. The summed E-state index contributed by atoms with van der Waals surface area (Å²) in [5, 5.41) is 4.67. The topological polar surface area (TPSA) is 21.3 Å². The zero-order chi connectivity index (χ0) is 12.5. The van der Waals surface area contributed by atoms with Crippen molar-refractivity contribution in [1.29, 1.82) is 0 Å². The van der Waals surface area contributed by atoms with E-state index in [-0.39, 0.29) is 0 Å². The van der Waals surface area contributed by atoms with Crippen molar-refractivity contribution in [3.05, 3.63) is 28.2 Å². The summed E-state index contributed by atoms with van der Waals surface area (Å²) in [4.78, 5) is 0. The third-order valence-electron chi connectivity index (χ3n) is 3.81. The van der Waals surface area contributed by atoms with Gasteiger partial charge in [0.25, 0.3) is 0 Å². The molecule has 1 saturated heterocycles. The molecule has 1 aromatic rings. The van der Waals surface area contributed by atoms with Crippen molar-refractivity contribution < 1.29 is 4.74 Å². The van der Waals surface area contributed by atoms with E-state index in [4.69, 9.17) is 27.9 Å². The first-order valence-corrected chi connectivity index (χ1v) is 7.32. The molecule has 0 spiro atoms. The van der Waals surface area contributed by atoms with Crippen molar-refractivity contribution in [1.82, 2.24) is 5.32 Å². The molecule has 2 fully saturated rings. The first-order chi connectivity index (χ1) is 8.74. The van der Waals surface area contributed by atoms with Crippen LogP contribution in [-0.2, 0) is 0 Å². The number of ether oxygens (including phenoxy) is 1. The van der Waals surface area contributed by atoms with E-state index in [0.29, 0.717) is 28.0 Å². The van der Waals surface area contributed by atoms with Crippen molar-refractivity contribution >= 4 is 23.2 Å². The third-order valence-corrected chi connectivity index (χ3v) is 4.34. The molecule has 2 atom stereocenters. The summed E-state index contributed by atoms with van der Waals surface area (Å²) in [6.45, 7) is 2.16. The largest absolute Gasteiger partial charge is 0.488 e. The molecule has 1 aliphatic carbocycles. The van der Waals surface area contributed by atoms with Crippen molar-refractivity contribution in [3.8, 4) is 5.75 Å². The van der Waals surface area contributed by atoms with E-state index in [2.05, 4.69) is 5.32 Å². The molecule has 1 N–H and O–H groups in total. The van der Waals surface area contributed by atoms with E-state index in [0.717, 1.165) is 18.8 Å². The quantitative estimate of drug-likeness (QED) is 0.910. The first kappa shape index (κ1) is 12.6. The number of hydrogen-bond donors (Lipinski definition) is 1. The molecule has 98 valence electrons. The second-order valence-corrected chi connectivity index (χ2v) is 6.09. The Kier molecular flexibility index (Phi) is 3.69. The molecule has 1 saturated carbocycles. The highest BCUT2D eigenvalue weighted by atomic mass is 35.5. The minimum Gasteiger partial charge on any atom is -0.488 e. The number of rotatable bonds is 4. The minimum absolute atomic E-state index is 0.304. The summed E-state index contributed by atoms with van der Waals surface area (Å²) in [6.07, 6.45) is 4.07. The molecule has 0 radical (unpaired) electrons. The molecule has 0 unspecified atom stereocenters.